The molecule has 0 aliphatic heterocycles. The molecular weight excluding hydrogens is 122 g/mol. The lowest BCUT2D eigenvalue weighted by Crippen LogP contribution is -1.84. The summed E-state index contributed by atoms with van der Waals surface area (Å²) in [6.45, 7) is 10.4. The molecule has 0 atom stereocenters. The van der Waals surface area contributed by atoms with E-state index in [1.165, 1.54) is 11.3 Å². The highest BCUT2D eigenvalue weighted by atomic mass is 14.7. The van der Waals surface area contributed by atoms with Crippen molar-refractivity contribution < 1.29 is 0 Å². The predicted molar refractivity (Wildman–Crippen MR) is 47.4 cm³/mol. The Morgan fingerprint density at radius 3 is 1.90 bits per heavy atom. The van der Waals surface area contributed by atoms with Crippen molar-refractivity contribution in [1.29, 1.82) is 0 Å². The lowest BCUT2D eigenvalue weighted by Gasteiger charge is -1.99. The van der Waals surface area contributed by atoms with E-state index in [9.17, 15) is 0 Å². The number of allylic oxidation sites excluding steroid dienone is 2. The maximum Gasteiger partial charge on any atom is 0.0360 e. The van der Waals surface area contributed by atoms with Gasteiger partial charge in [-0.2, -0.15) is 0 Å². The molecule has 0 aromatic heterocycles. The zero-order valence-corrected chi connectivity index (χ0v) is 7.65. The minimum Gasteiger partial charge on any atom is -0.263 e. The van der Waals surface area contributed by atoms with Crippen molar-refractivity contribution in [1.82, 2.24) is 0 Å². The van der Waals surface area contributed by atoms with Crippen LogP contribution in [0.15, 0.2) is 16.3 Å². The van der Waals surface area contributed by atoms with Crippen LogP contribution in [0.5, 0.6) is 0 Å². The van der Waals surface area contributed by atoms with Gasteiger partial charge in [0.2, 0.25) is 0 Å². The fourth-order valence-corrected chi connectivity index (χ4v) is 0.687. The van der Waals surface area contributed by atoms with Gasteiger partial charge in [-0.3, -0.25) is 4.99 Å². The molecule has 58 valence electrons. The molecule has 0 bridgehead atoms. The molecule has 0 aromatic rings. The van der Waals surface area contributed by atoms with Crippen LogP contribution in [0.3, 0.4) is 0 Å². The average molecular weight is 139 g/mol. The molecule has 0 aromatic carbocycles. The number of hydrogen-bond donors (Lipinski definition) is 0. The quantitative estimate of drug-likeness (QED) is 0.521. The Morgan fingerprint density at radius 1 is 1.10 bits per heavy atom. The third kappa shape index (κ3) is 3.44. The Hall–Kier alpha value is -0.590. The highest BCUT2D eigenvalue weighted by Gasteiger charge is 1.90. The molecular formula is C9H17N. The Morgan fingerprint density at radius 2 is 1.60 bits per heavy atom. The molecule has 0 rings (SSSR count). The molecule has 0 spiro atoms. The fraction of sp³-hybridized carbons (Fsp3) is 0.667. The molecule has 0 amide bonds. The molecule has 0 unspecified atom stereocenters. The molecule has 0 N–H and O–H groups in total. The second-order valence-electron chi connectivity index (χ2n) is 2.78. The van der Waals surface area contributed by atoms with Gasteiger partial charge in [0.25, 0.3) is 0 Å². The van der Waals surface area contributed by atoms with E-state index < -0.39 is 0 Å². The standard InChI is InChI=1S/C9H17N/c1-6-8(4)9(5)10-7(2)3/h6H2,1-5H3/b9-8+. The summed E-state index contributed by atoms with van der Waals surface area (Å²) in [4.78, 5) is 4.34. The molecule has 0 radical (unpaired) electrons. The molecule has 0 aliphatic rings. The molecule has 0 heterocycles. The number of aliphatic imine (C=N–C) groups is 1. The van der Waals surface area contributed by atoms with Crippen LogP contribution in [-0.4, -0.2) is 5.71 Å². The van der Waals surface area contributed by atoms with Crippen LogP contribution in [0.1, 0.15) is 41.0 Å². The second kappa shape index (κ2) is 4.26. The fourth-order valence-electron chi connectivity index (χ4n) is 0.687. The van der Waals surface area contributed by atoms with Crippen molar-refractivity contribution in [2.75, 3.05) is 0 Å². The van der Waals surface area contributed by atoms with E-state index in [0.717, 1.165) is 12.1 Å². The van der Waals surface area contributed by atoms with Crippen LogP contribution in [-0.2, 0) is 0 Å². The van der Waals surface area contributed by atoms with Gasteiger partial charge in [-0.25, -0.2) is 0 Å². The summed E-state index contributed by atoms with van der Waals surface area (Å²) in [6.07, 6.45) is 1.10. The van der Waals surface area contributed by atoms with Gasteiger partial charge >= 0.3 is 0 Å². The Bertz CT molecular complexity index is 160. The van der Waals surface area contributed by atoms with Gasteiger partial charge in [0, 0.05) is 11.4 Å². The first-order valence-electron chi connectivity index (χ1n) is 3.76. The third-order valence-corrected chi connectivity index (χ3v) is 1.54. The summed E-state index contributed by atoms with van der Waals surface area (Å²) >= 11 is 0. The van der Waals surface area contributed by atoms with Gasteiger partial charge in [-0.15, -0.1) is 0 Å². The summed E-state index contributed by atoms with van der Waals surface area (Å²) in [5.41, 5.74) is 3.68. The van der Waals surface area contributed by atoms with Crippen LogP contribution in [0.2, 0.25) is 0 Å². The topological polar surface area (TPSA) is 12.4 Å². The van der Waals surface area contributed by atoms with Crippen molar-refractivity contribution in [3.05, 3.63) is 11.3 Å². The molecule has 1 nitrogen and oxygen atoms in total. The number of rotatable bonds is 2. The van der Waals surface area contributed by atoms with Crippen molar-refractivity contribution >= 4 is 5.71 Å². The minimum absolute atomic E-state index is 1.10. The van der Waals surface area contributed by atoms with Crippen molar-refractivity contribution in [2.24, 2.45) is 4.99 Å². The monoisotopic (exact) mass is 139 g/mol. The smallest absolute Gasteiger partial charge is 0.0360 e. The average Bonchev–Trinajstić information content (AvgIpc) is 1.85. The minimum atomic E-state index is 1.10. The highest BCUT2D eigenvalue weighted by molar-refractivity contribution is 5.80. The summed E-state index contributed by atoms with van der Waals surface area (Å²) in [5, 5.41) is 0. The van der Waals surface area contributed by atoms with Gasteiger partial charge in [0.15, 0.2) is 0 Å². The lowest BCUT2D eigenvalue weighted by atomic mass is 10.2. The van der Waals surface area contributed by atoms with Crippen LogP contribution in [0.4, 0.5) is 0 Å². The van der Waals surface area contributed by atoms with Gasteiger partial charge < -0.3 is 0 Å². The van der Waals surface area contributed by atoms with E-state index in [0.29, 0.717) is 0 Å². The zero-order valence-electron chi connectivity index (χ0n) is 7.65. The first-order chi connectivity index (χ1) is 4.57. The Kier molecular flexibility index (Phi) is 4.01. The van der Waals surface area contributed by atoms with Crippen LogP contribution in [0, 0.1) is 0 Å². The normalized spacial score (nSPS) is 12.5. The molecule has 0 fully saturated rings. The summed E-state index contributed by atoms with van der Waals surface area (Å²) in [6, 6.07) is 0. The Balaban J connectivity index is 4.33. The number of hydrogen-bond acceptors (Lipinski definition) is 1. The van der Waals surface area contributed by atoms with E-state index in [4.69, 9.17) is 0 Å². The molecule has 0 saturated carbocycles. The lowest BCUT2D eigenvalue weighted by molar-refractivity contribution is 1.04. The molecule has 0 aliphatic carbocycles. The SMILES string of the molecule is CC/C(C)=C(\C)N=C(C)C. The van der Waals surface area contributed by atoms with Crippen molar-refractivity contribution in [3.63, 3.8) is 0 Å². The predicted octanol–water partition coefficient (Wildman–Crippen LogP) is 3.17. The highest BCUT2D eigenvalue weighted by Crippen LogP contribution is 2.07. The van der Waals surface area contributed by atoms with E-state index in [2.05, 4.69) is 25.8 Å². The number of nitrogens with zero attached hydrogens (tertiary/aromatic N) is 1. The summed E-state index contributed by atoms with van der Waals surface area (Å²) in [7, 11) is 0. The van der Waals surface area contributed by atoms with Crippen LogP contribution in [0.25, 0.3) is 0 Å². The van der Waals surface area contributed by atoms with Crippen molar-refractivity contribution in [3.8, 4) is 0 Å². The maximum atomic E-state index is 4.34. The molecule has 1 heteroatoms. The van der Waals surface area contributed by atoms with E-state index in [-0.39, 0.29) is 0 Å². The second-order valence-corrected chi connectivity index (χ2v) is 2.78. The van der Waals surface area contributed by atoms with Crippen LogP contribution >= 0.6 is 0 Å². The van der Waals surface area contributed by atoms with Gasteiger partial charge in [0.1, 0.15) is 0 Å². The first-order valence-corrected chi connectivity index (χ1v) is 3.76. The van der Waals surface area contributed by atoms with Crippen molar-refractivity contribution in [2.45, 2.75) is 41.0 Å². The van der Waals surface area contributed by atoms with Gasteiger partial charge in [0.05, 0.1) is 0 Å². The third-order valence-electron chi connectivity index (χ3n) is 1.54. The van der Waals surface area contributed by atoms with Gasteiger partial charge in [-0.1, -0.05) is 12.5 Å². The maximum absolute atomic E-state index is 4.34. The summed E-state index contributed by atoms with van der Waals surface area (Å²) < 4.78 is 0. The Labute approximate surface area is 63.9 Å². The van der Waals surface area contributed by atoms with E-state index in [1.54, 1.807) is 0 Å². The zero-order chi connectivity index (χ0) is 8.15. The first kappa shape index (κ1) is 9.41. The van der Waals surface area contributed by atoms with Crippen LogP contribution < -0.4 is 0 Å². The molecule has 0 saturated heterocycles. The molecule has 10 heavy (non-hydrogen) atoms. The van der Waals surface area contributed by atoms with Gasteiger partial charge in [-0.05, 0) is 34.1 Å². The van der Waals surface area contributed by atoms with E-state index in [1.807, 2.05) is 13.8 Å². The van der Waals surface area contributed by atoms with E-state index >= 15 is 0 Å². The summed E-state index contributed by atoms with van der Waals surface area (Å²) in [5.74, 6) is 0. The largest absolute Gasteiger partial charge is 0.263 e.